The van der Waals surface area contributed by atoms with Gasteiger partial charge in [0.25, 0.3) is 0 Å². The highest BCUT2D eigenvalue weighted by Crippen LogP contribution is 2.20. The molecule has 1 atom stereocenters. The lowest BCUT2D eigenvalue weighted by Crippen LogP contribution is -2.47. The lowest BCUT2D eigenvalue weighted by molar-refractivity contribution is 0.157. The number of hydrogen-bond donors (Lipinski definition) is 2. The molecule has 1 aliphatic heterocycles. The topological polar surface area (TPSA) is 99.6 Å². The normalized spacial score (nSPS) is 19.4. The van der Waals surface area contributed by atoms with E-state index in [2.05, 4.69) is 17.2 Å². The van der Waals surface area contributed by atoms with E-state index in [9.17, 15) is 18.3 Å². The molecule has 0 aliphatic carbocycles. The zero-order valence-electron chi connectivity index (χ0n) is 14.1. The summed E-state index contributed by atoms with van der Waals surface area (Å²) in [6.45, 7) is 4.33. The third-order valence-corrected chi connectivity index (χ3v) is 7.02. The summed E-state index contributed by atoms with van der Waals surface area (Å²) in [7, 11) is -3.08. The maximum absolute atomic E-state index is 12.4. The first kappa shape index (κ1) is 19.1. The van der Waals surface area contributed by atoms with E-state index in [0.717, 1.165) is 28.4 Å². The molecule has 136 valence electrons. The third-order valence-electron chi connectivity index (χ3n) is 4.05. The number of nitrogens with zero attached hydrogens (tertiary/aromatic N) is 2. The van der Waals surface area contributed by atoms with Gasteiger partial charge in [0, 0.05) is 17.5 Å². The van der Waals surface area contributed by atoms with Crippen molar-refractivity contribution in [3.05, 3.63) is 15.6 Å². The maximum atomic E-state index is 12.4. The fourth-order valence-corrected chi connectivity index (χ4v) is 5.65. The highest BCUT2D eigenvalue weighted by atomic mass is 32.2. The molecule has 9 heteroatoms. The average Bonchev–Trinajstić information content (AvgIpc) is 3.05. The zero-order valence-corrected chi connectivity index (χ0v) is 15.8. The fraction of sp³-hybridized carbons (Fsp3) is 0.733. The molecule has 1 aromatic heterocycles. The molecule has 1 saturated heterocycles. The van der Waals surface area contributed by atoms with Gasteiger partial charge in [0.15, 0.2) is 9.84 Å². The highest BCUT2D eigenvalue weighted by Gasteiger charge is 2.34. The number of rotatable bonds is 7. The minimum absolute atomic E-state index is 0.0271. The molecular weight excluding hydrogens is 350 g/mol. The summed E-state index contributed by atoms with van der Waals surface area (Å²) in [5.41, 5.74) is 0.918. The Morgan fingerprint density at radius 1 is 1.50 bits per heavy atom. The van der Waals surface area contributed by atoms with Crippen LogP contribution in [0, 0.1) is 6.92 Å². The van der Waals surface area contributed by atoms with Gasteiger partial charge in [0.2, 0.25) is 0 Å². The molecule has 1 aliphatic rings. The summed E-state index contributed by atoms with van der Waals surface area (Å²) in [4.78, 5) is 19.4. The molecule has 1 unspecified atom stereocenters. The Morgan fingerprint density at radius 2 is 2.25 bits per heavy atom. The van der Waals surface area contributed by atoms with E-state index in [0.29, 0.717) is 13.0 Å². The van der Waals surface area contributed by atoms with Crippen molar-refractivity contribution in [2.24, 2.45) is 0 Å². The van der Waals surface area contributed by atoms with E-state index in [-0.39, 0.29) is 36.7 Å². The van der Waals surface area contributed by atoms with Gasteiger partial charge in [-0.15, -0.1) is 11.3 Å². The lowest BCUT2D eigenvalue weighted by atomic mass is 10.2. The molecular formula is C15H25N3O4S2. The van der Waals surface area contributed by atoms with Crippen LogP contribution in [0.15, 0.2) is 0 Å². The summed E-state index contributed by atoms with van der Waals surface area (Å²) in [6.07, 6.45) is 2.38. The Morgan fingerprint density at radius 3 is 2.83 bits per heavy atom. The summed E-state index contributed by atoms with van der Waals surface area (Å²) >= 11 is 1.59. The smallest absolute Gasteiger partial charge is 0.318 e. The number of aliphatic hydroxyl groups is 1. The zero-order chi connectivity index (χ0) is 17.7. The number of carbonyl (C=O) groups excluding carboxylic acids is 1. The van der Waals surface area contributed by atoms with Gasteiger partial charge >= 0.3 is 6.03 Å². The number of thiazole rings is 1. The molecule has 0 aromatic carbocycles. The minimum atomic E-state index is -3.08. The lowest BCUT2D eigenvalue weighted by Gasteiger charge is -2.27. The summed E-state index contributed by atoms with van der Waals surface area (Å²) < 4.78 is 23.3. The van der Waals surface area contributed by atoms with Gasteiger partial charge in [-0.25, -0.2) is 18.2 Å². The van der Waals surface area contributed by atoms with Gasteiger partial charge in [-0.2, -0.15) is 0 Å². The molecule has 24 heavy (non-hydrogen) atoms. The van der Waals surface area contributed by atoms with Gasteiger partial charge in [-0.1, -0.05) is 6.92 Å². The van der Waals surface area contributed by atoms with Crippen molar-refractivity contribution >= 4 is 27.2 Å². The number of carbonyl (C=O) groups is 1. The number of amides is 2. The van der Waals surface area contributed by atoms with Crippen molar-refractivity contribution in [3.63, 3.8) is 0 Å². The molecule has 0 radical (unpaired) electrons. The Balaban J connectivity index is 1.98. The van der Waals surface area contributed by atoms with Crippen molar-refractivity contribution in [3.8, 4) is 0 Å². The van der Waals surface area contributed by atoms with Crippen molar-refractivity contribution in [1.82, 2.24) is 15.2 Å². The van der Waals surface area contributed by atoms with Crippen LogP contribution >= 0.6 is 11.3 Å². The van der Waals surface area contributed by atoms with Crippen molar-refractivity contribution in [2.75, 3.05) is 24.7 Å². The van der Waals surface area contributed by atoms with Crippen LogP contribution in [0.4, 0.5) is 4.79 Å². The van der Waals surface area contributed by atoms with Crippen LogP contribution in [0.1, 0.15) is 35.3 Å². The Hall–Kier alpha value is -1.19. The molecule has 2 heterocycles. The number of aryl methyl sites for hydroxylation is 2. The largest absolute Gasteiger partial charge is 0.395 e. The van der Waals surface area contributed by atoms with Crippen LogP contribution in [0.2, 0.25) is 0 Å². The number of nitrogens with one attached hydrogen (secondary N) is 1. The third kappa shape index (κ3) is 4.90. The molecule has 1 aromatic rings. The first-order valence-electron chi connectivity index (χ1n) is 8.17. The van der Waals surface area contributed by atoms with E-state index in [1.165, 1.54) is 4.90 Å². The maximum Gasteiger partial charge on any atom is 0.318 e. The van der Waals surface area contributed by atoms with Gasteiger partial charge in [0.1, 0.15) is 0 Å². The number of aromatic nitrogens is 1. The van der Waals surface area contributed by atoms with Crippen LogP contribution in [-0.4, -0.2) is 60.1 Å². The molecule has 2 amide bonds. The Bertz CT molecular complexity index is 672. The molecule has 0 bridgehead atoms. The van der Waals surface area contributed by atoms with Gasteiger partial charge in [-0.3, -0.25) is 0 Å². The van der Waals surface area contributed by atoms with Crippen LogP contribution < -0.4 is 5.32 Å². The van der Waals surface area contributed by atoms with Crippen molar-refractivity contribution < 1.29 is 18.3 Å². The predicted molar refractivity (Wildman–Crippen MR) is 93.9 cm³/mol. The van der Waals surface area contributed by atoms with E-state index in [1.54, 1.807) is 11.3 Å². The first-order valence-corrected chi connectivity index (χ1v) is 10.8. The Kier molecular flexibility index (Phi) is 6.59. The van der Waals surface area contributed by atoms with E-state index < -0.39 is 9.84 Å². The Labute approximate surface area is 147 Å². The summed E-state index contributed by atoms with van der Waals surface area (Å²) in [6, 6.07) is -0.698. The first-order chi connectivity index (χ1) is 11.4. The number of hydrogen-bond acceptors (Lipinski definition) is 6. The second-order valence-electron chi connectivity index (χ2n) is 6.00. The van der Waals surface area contributed by atoms with E-state index >= 15 is 0 Å². The van der Waals surface area contributed by atoms with Crippen molar-refractivity contribution in [1.29, 1.82) is 0 Å². The van der Waals surface area contributed by atoms with E-state index in [1.807, 2.05) is 6.92 Å². The monoisotopic (exact) mass is 375 g/mol. The van der Waals surface area contributed by atoms with Gasteiger partial charge in [0.05, 0.1) is 35.4 Å². The molecule has 1 fully saturated rings. The molecule has 7 nitrogen and oxygen atoms in total. The number of sulfone groups is 1. The molecule has 2 N–H and O–H groups in total. The van der Waals surface area contributed by atoms with Crippen LogP contribution in [0.5, 0.6) is 0 Å². The molecule has 0 saturated carbocycles. The summed E-state index contributed by atoms with van der Waals surface area (Å²) in [5, 5.41) is 13.1. The van der Waals surface area contributed by atoms with Crippen LogP contribution in [0.25, 0.3) is 0 Å². The van der Waals surface area contributed by atoms with Crippen LogP contribution in [-0.2, 0) is 22.8 Å². The van der Waals surface area contributed by atoms with Gasteiger partial charge in [-0.05, 0) is 26.2 Å². The fourth-order valence-electron chi connectivity index (χ4n) is 2.81. The standard InChI is InChI=1S/C15H25N3O4S2/c1-3-4-14-17-11(2)13(23-14)9-16-15(20)18(6-7-19)12-5-8-24(21,22)10-12/h12,19H,3-10H2,1-2H3,(H,16,20). The minimum Gasteiger partial charge on any atom is -0.395 e. The predicted octanol–water partition coefficient (Wildman–Crippen LogP) is 1.10. The highest BCUT2D eigenvalue weighted by molar-refractivity contribution is 7.91. The quantitative estimate of drug-likeness (QED) is 0.743. The van der Waals surface area contributed by atoms with Crippen LogP contribution in [0.3, 0.4) is 0 Å². The average molecular weight is 376 g/mol. The second kappa shape index (κ2) is 8.26. The number of urea groups is 1. The molecule has 0 spiro atoms. The molecule has 2 rings (SSSR count). The summed E-state index contributed by atoms with van der Waals surface area (Å²) in [5.74, 6) is 0.0713. The van der Waals surface area contributed by atoms with Gasteiger partial charge < -0.3 is 15.3 Å². The number of aliphatic hydroxyl groups excluding tert-OH is 1. The van der Waals surface area contributed by atoms with E-state index in [4.69, 9.17) is 0 Å². The second-order valence-corrected chi connectivity index (χ2v) is 9.40. The van der Waals surface area contributed by atoms with Crippen molar-refractivity contribution in [2.45, 2.75) is 45.7 Å². The SMILES string of the molecule is CCCc1nc(C)c(CNC(=O)N(CCO)C2CCS(=O)(=O)C2)s1.